The van der Waals surface area contributed by atoms with Gasteiger partial charge in [0.15, 0.2) is 0 Å². The largest absolute Gasteiger partial charge is 0.481 e. The van der Waals surface area contributed by atoms with Crippen molar-refractivity contribution in [2.24, 2.45) is 0 Å². The number of benzene rings is 2. The molecule has 0 aliphatic heterocycles. The minimum atomic E-state index is -0.829. The van der Waals surface area contributed by atoms with E-state index >= 15 is 0 Å². The number of hydrogen-bond acceptors (Lipinski definition) is 9. The van der Waals surface area contributed by atoms with Gasteiger partial charge in [-0.1, -0.05) is 37.8 Å². The lowest BCUT2D eigenvalue weighted by atomic mass is 10.3. The molecule has 0 spiro atoms. The van der Waals surface area contributed by atoms with Crippen molar-refractivity contribution in [2.45, 2.75) is 40.5 Å². The summed E-state index contributed by atoms with van der Waals surface area (Å²) in [5, 5.41) is 28.5. The number of carbonyl (C=O) groups excluding carboxylic acids is 2. The van der Waals surface area contributed by atoms with Crippen molar-refractivity contribution in [3.05, 3.63) is 119 Å². The van der Waals surface area contributed by atoms with Crippen LogP contribution in [0.2, 0.25) is 0 Å². The first-order valence-corrected chi connectivity index (χ1v) is 11.5. The number of nitro groups is 2. The molecule has 2 aromatic rings. The van der Waals surface area contributed by atoms with E-state index in [1.807, 2.05) is 6.92 Å². The van der Waals surface area contributed by atoms with Gasteiger partial charge in [0, 0.05) is 34.1 Å². The molecule has 0 unspecified atom stereocenters. The van der Waals surface area contributed by atoms with E-state index < -0.39 is 27.8 Å². The zero-order valence-corrected chi connectivity index (χ0v) is 22.8. The molecule has 0 bridgehead atoms. The molecule has 0 heterocycles. The van der Waals surface area contributed by atoms with Crippen LogP contribution in [0.3, 0.4) is 0 Å². The SMILES string of the molecule is C.C/C=C/CC(=O)Oc1ccc([N+](=O)[O-])cc1.C=CC.C=CCC(=O)O.C=CCC(=O)Oc1ccc([N+](=O)[O-])cc1.[2HH].[B]. The van der Waals surface area contributed by atoms with Crippen LogP contribution in [0, 0.1) is 20.2 Å². The minimum Gasteiger partial charge on any atom is -0.481 e. The molecule has 0 saturated heterocycles. The van der Waals surface area contributed by atoms with Crippen molar-refractivity contribution in [1.82, 2.24) is 0 Å². The van der Waals surface area contributed by atoms with Gasteiger partial charge in [-0.15, -0.1) is 19.7 Å². The smallest absolute Gasteiger partial charge is 0.315 e. The number of aliphatic carboxylic acids is 1. The number of non-ortho nitro benzene ring substituents is 2. The van der Waals surface area contributed by atoms with Crippen LogP contribution in [0.1, 0.15) is 42.0 Å². The lowest BCUT2D eigenvalue weighted by molar-refractivity contribution is -0.385. The van der Waals surface area contributed by atoms with Crippen LogP contribution in [0.25, 0.3) is 0 Å². The molecule has 0 aliphatic carbocycles. The van der Waals surface area contributed by atoms with Crippen molar-refractivity contribution in [3.63, 3.8) is 0 Å². The molecule has 0 amide bonds. The van der Waals surface area contributed by atoms with Gasteiger partial charge in [0.1, 0.15) is 11.5 Å². The molecule has 0 aromatic heterocycles. The Bertz CT molecular complexity index is 1170. The van der Waals surface area contributed by atoms with Gasteiger partial charge in [-0.3, -0.25) is 34.6 Å². The number of carboxylic acid groups (broad SMARTS) is 1. The predicted octanol–water partition coefficient (Wildman–Crippen LogP) is 6.88. The lowest BCUT2D eigenvalue weighted by Gasteiger charge is -2.01. The van der Waals surface area contributed by atoms with Crippen molar-refractivity contribution in [2.75, 3.05) is 0 Å². The van der Waals surface area contributed by atoms with Crippen LogP contribution in [-0.2, 0) is 14.4 Å². The van der Waals surface area contributed by atoms with Crippen molar-refractivity contribution in [1.29, 1.82) is 0 Å². The number of hydrogen-bond donors (Lipinski definition) is 1. The summed E-state index contributed by atoms with van der Waals surface area (Å²) in [4.78, 5) is 51.4. The van der Waals surface area contributed by atoms with E-state index in [1.165, 1.54) is 60.7 Å². The van der Waals surface area contributed by atoms with E-state index in [0.29, 0.717) is 5.75 Å². The molecule has 1 N–H and O–H groups in total. The number of ether oxygens (including phenoxy) is 2. The Labute approximate surface area is 249 Å². The second-order valence-corrected chi connectivity index (χ2v) is 7.01. The van der Waals surface area contributed by atoms with Crippen LogP contribution >= 0.6 is 0 Å². The van der Waals surface area contributed by atoms with Gasteiger partial charge in [0.05, 0.1) is 29.1 Å². The topological polar surface area (TPSA) is 176 Å². The quantitative estimate of drug-likeness (QED) is 0.0770. The Kier molecular flexibility index (Phi) is 28.4. The fourth-order valence-electron chi connectivity index (χ4n) is 2.07. The average Bonchev–Trinajstić information content (AvgIpc) is 2.89. The van der Waals surface area contributed by atoms with E-state index in [9.17, 15) is 34.6 Å². The van der Waals surface area contributed by atoms with E-state index in [2.05, 4.69) is 19.7 Å². The maximum absolute atomic E-state index is 11.2. The van der Waals surface area contributed by atoms with Gasteiger partial charge in [-0.2, -0.15) is 0 Å². The molecule has 0 aliphatic rings. The third-order valence-electron chi connectivity index (χ3n) is 3.71. The third-order valence-corrected chi connectivity index (χ3v) is 3.71. The molecule has 227 valence electrons. The van der Waals surface area contributed by atoms with Crippen LogP contribution in [0.5, 0.6) is 11.5 Å². The Hall–Kier alpha value is -5.33. The first kappa shape index (κ1) is 43.7. The summed E-state index contributed by atoms with van der Waals surface area (Å²) in [5.41, 5.74) is -0.0771. The highest BCUT2D eigenvalue weighted by molar-refractivity contribution is 5.75. The van der Waals surface area contributed by atoms with Crippen LogP contribution in [0.15, 0.2) is 98.6 Å². The predicted molar refractivity (Wildman–Crippen MR) is 165 cm³/mol. The Balaban J connectivity index is -0.000000166. The number of carbonyl (C=O) groups is 3. The summed E-state index contributed by atoms with van der Waals surface area (Å²) in [5.74, 6) is -1.08. The van der Waals surface area contributed by atoms with Gasteiger partial charge in [0.2, 0.25) is 0 Å². The fourth-order valence-corrected chi connectivity index (χ4v) is 2.07. The maximum Gasteiger partial charge on any atom is 0.315 e. The summed E-state index contributed by atoms with van der Waals surface area (Å²) < 4.78 is 9.80. The van der Waals surface area contributed by atoms with E-state index in [4.69, 9.17) is 14.6 Å². The highest BCUT2D eigenvalue weighted by Gasteiger charge is 2.07. The molecule has 12 nitrogen and oxygen atoms in total. The first-order chi connectivity index (χ1) is 18.9. The summed E-state index contributed by atoms with van der Waals surface area (Å²) in [7, 11) is 0. The fraction of sp³-hybridized carbons (Fsp3) is 0.207. The number of nitrogens with zero attached hydrogens (tertiary/aromatic N) is 2. The molecular formula is C29H38BN2O10. The van der Waals surface area contributed by atoms with Crippen molar-refractivity contribution >= 4 is 37.7 Å². The highest BCUT2D eigenvalue weighted by atomic mass is 16.6. The summed E-state index contributed by atoms with van der Waals surface area (Å²) >= 11 is 0. The van der Waals surface area contributed by atoms with Gasteiger partial charge in [0.25, 0.3) is 11.4 Å². The molecule has 0 fully saturated rings. The van der Waals surface area contributed by atoms with Gasteiger partial charge in [-0.25, -0.2) is 0 Å². The highest BCUT2D eigenvalue weighted by Crippen LogP contribution is 2.18. The van der Waals surface area contributed by atoms with E-state index in [1.54, 1.807) is 25.2 Å². The van der Waals surface area contributed by atoms with Crippen LogP contribution in [-0.4, -0.2) is 41.3 Å². The van der Waals surface area contributed by atoms with Gasteiger partial charge in [-0.05, 0) is 38.1 Å². The Morgan fingerprint density at radius 1 is 0.786 bits per heavy atom. The summed E-state index contributed by atoms with van der Waals surface area (Å²) in [6, 6.07) is 10.7. The summed E-state index contributed by atoms with van der Waals surface area (Å²) in [6.07, 6.45) is 8.30. The third kappa shape index (κ3) is 23.8. The molecule has 2 rings (SSSR count). The van der Waals surface area contributed by atoms with Crippen LogP contribution in [0.4, 0.5) is 11.4 Å². The normalized spacial score (nSPS) is 8.62. The number of carboxylic acids is 1. The zero-order valence-electron chi connectivity index (χ0n) is 22.8. The number of rotatable bonds is 10. The first-order valence-electron chi connectivity index (χ1n) is 11.5. The molecule has 13 heteroatoms. The molecule has 0 atom stereocenters. The second kappa shape index (κ2) is 27.2. The van der Waals surface area contributed by atoms with Crippen LogP contribution < -0.4 is 9.47 Å². The zero-order chi connectivity index (χ0) is 30.9. The van der Waals surface area contributed by atoms with Crippen molar-refractivity contribution in [3.8, 4) is 11.5 Å². The number of nitro benzene ring substituents is 2. The maximum atomic E-state index is 11.2. The van der Waals surface area contributed by atoms with Gasteiger partial charge < -0.3 is 14.6 Å². The molecule has 3 radical (unpaired) electrons. The molecule has 42 heavy (non-hydrogen) atoms. The Morgan fingerprint density at radius 3 is 1.36 bits per heavy atom. The lowest BCUT2D eigenvalue weighted by Crippen LogP contribution is -2.05. The van der Waals surface area contributed by atoms with Gasteiger partial charge >= 0.3 is 17.9 Å². The Morgan fingerprint density at radius 2 is 1.12 bits per heavy atom. The minimum absolute atomic E-state index is 0. The van der Waals surface area contributed by atoms with E-state index in [0.717, 1.165) is 0 Å². The average molecular weight is 586 g/mol. The second-order valence-electron chi connectivity index (χ2n) is 7.01. The number of esters is 2. The molecular weight excluding hydrogens is 547 g/mol. The monoisotopic (exact) mass is 586 g/mol. The van der Waals surface area contributed by atoms with Crippen molar-refractivity contribution < 1.29 is 40.2 Å². The standard InChI is InChI=1S/C11H11NO4.C10H9NO4.C4H6O2.C3H6.CH4.B.H2/c1-2-3-4-11(13)16-10-7-5-9(6-8-10)12(14)15;1-2-3-10(12)15-9-6-4-8(5-7-9)11(13)14;1-2-3-4(5)6;1-3-2;;;/h2-3,5-8H,4H2,1H3;2,4-7H,1,3H2;2H,1,3H2,(H,5,6);3H,1H2,2H3;1H4;;1H/b3-2+;;;;;;/i;;;;;;1+1. The molecule has 2 aromatic carbocycles. The number of allylic oxidation sites excluding steroid dienone is 2. The summed E-state index contributed by atoms with van der Waals surface area (Å²) in [6.45, 7) is 13.7. The molecule has 0 saturated carbocycles. The van der Waals surface area contributed by atoms with E-state index in [-0.39, 0.29) is 53.7 Å².